The van der Waals surface area contributed by atoms with Crippen molar-refractivity contribution in [3.05, 3.63) is 70.8 Å². The largest absolute Gasteiger partial charge is 0.357 e. The molecule has 156 valence electrons. The van der Waals surface area contributed by atoms with Crippen LogP contribution in [0.2, 0.25) is 0 Å². The number of guanidine groups is 1. The summed E-state index contributed by atoms with van der Waals surface area (Å²) in [6.45, 7) is 7.57. The molecule has 2 aromatic rings. The van der Waals surface area contributed by atoms with Gasteiger partial charge in [0, 0.05) is 31.7 Å². The lowest BCUT2D eigenvalue weighted by Crippen LogP contribution is -2.36. The van der Waals surface area contributed by atoms with Gasteiger partial charge in [-0.25, -0.2) is 4.99 Å². The van der Waals surface area contributed by atoms with Gasteiger partial charge in [-0.2, -0.15) is 0 Å². The number of aliphatic imine (C=N–C) groups is 1. The minimum Gasteiger partial charge on any atom is -0.357 e. The molecule has 0 bridgehead atoms. The lowest BCUT2D eigenvalue weighted by molar-refractivity contribution is 0.0951. The van der Waals surface area contributed by atoms with Gasteiger partial charge in [0.05, 0.1) is 6.54 Å². The number of hydrogen-bond donors (Lipinski definition) is 3. The molecule has 6 nitrogen and oxygen atoms in total. The van der Waals surface area contributed by atoms with Crippen LogP contribution in [0.4, 0.5) is 0 Å². The van der Waals surface area contributed by atoms with Crippen molar-refractivity contribution in [2.45, 2.75) is 26.9 Å². The molecule has 29 heavy (non-hydrogen) atoms. The zero-order valence-corrected chi connectivity index (χ0v) is 18.0. The Hall–Kier alpha value is -2.86. The van der Waals surface area contributed by atoms with Gasteiger partial charge in [0.1, 0.15) is 0 Å². The second-order valence-electron chi connectivity index (χ2n) is 7.30. The first-order chi connectivity index (χ1) is 14.0. The quantitative estimate of drug-likeness (QED) is 0.451. The Morgan fingerprint density at radius 3 is 2.48 bits per heavy atom. The van der Waals surface area contributed by atoms with E-state index in [-0.39, 0.29) is 5.91 Å². The number of hydrogen-bond acceptors (Lipinski definition) is 3. The molecule has 0 saturated carbocycles. The Kier molecular flexibility index (Phi) is 9.18. The van der Waals surface area contributed by atoms with Gasteiger partial charge in [0.25, 0.3) is 5.91 Å². The molecule has 6 heteroatoms. The van der Waals surface area contributed by atoms with Crippen LogP contribution in [0.5, 0.6) is 0 Å². The molecule has 0 aliphatic carbocycles. The molecular formula is C23H33N5O. The molecule has 0 unspecified atom stereocenters. The highest BCUT2D eigenvalue weighted by Crippen LogP contribution is 2.07. The number of benzene rings is 2. The standard InChI is InChI=1S/C23H33N5O/c1-5-24-23(26-16-19-9-6-8-18(2)14-19)27-17-20-10-7-11-21(15-20)22(29)25-12-13-28(3)4/h6-11,14-15H,5,12-13,16-17H2,1-4H3,(H,25,29)(H2,24,26,27). The Balaban J connectivity index is 1.95. The molecule has 2 aromatic carbocycles. The van der Waals surface area contributed by atoms with Crippen molar-refractivity contribution in [1.82, 2.24) is 20.9 Å². The molecule has 0 aliphatic rings. The van der Waals surface area contributed by atoms with E-state index in [1.165, 1.54) is 11.1 Å². The van der Waals surface area contributed by atoms with Gasteiger partial charge in [-0.05, 0) is 51.2 Å². The number of amides is 1. The first-order valence-electron chi connectivity index (χ1n) is 10.1. The number of nitrogens with one attached hydrogen (secondary N) is 3. The lowest BCUT2D eigenvalue weighted by atomic mass is 10.1. The number of nitrogens with zero attached hydrogens (tertiary/aromatic N) is 2. The minimum absolute atomic E-state index is 0.0475. The van der Waals surface area contributed by atoms with Gasteiger partial charge in [0.2, 0.25) is 0 Å². The van der Waals surface area contributed by atoms with E-state index in [4.69, 9.17) is 0 Å². The van der Waals surface area contributed by atoms with Crippen LogP contribution < -0.4 is 16.0 Å². The smallest absolute Gasteiger partial charge is 0.251 e. The second kappa shape index (κ2) is 11.9. The Bertz CT molecular complexity index is 816. The predicted octanol–water partition coefficient (Wildman–Crippen LogP) is 2.54. The molecule has 0 aromatic heterocycles. The zero-order valence-electron chi connectivity index (χ0n) is 18.0. The summed E-state index contributed by atoms with van der Waals surface area (Å²) in [5, 5.41) is 9.56. The van der Waals surface area contributed by atoms with Crippen LogP contribution in [0.15, 0.2) is 53.5 Å². The normalized spacial score (nSPS) is 11.4. The van der Waals surface area contributed by atoms with Crippen LogP contribution >= 0.6 is 0 Å². The van der Waals surface area contributed by atoms with Crippen molar-refractivity contribution < 1.29 is 4.79 Å². The van der Waals surface area contributed by atoms with E-state index in [1.54, 1.807) is 0 Å². The highest BCUT2D eigenvalue weighted by atomic mass is 16.1. The molecule has 3 N–H and O–H groups in total. The summed E-state index contributed by atoms with van der Waals surface area (Å²) in [5.74, 6) is 0.712. The van der Waals surface area contributed by atoms with E-state index in [1.807, 2.05) is 50.2 Å². The number of likely N-dealkylation sites (N-methyl/N-ethyl adjacent to an activating group) is 1. The van der Waals surface area contributed by atoms with Gasteiger partial charge < -0.3 is 20.9 Å². The summed E-state index contributed by atoms with van der Waals surface area (Å²) in [6.07, 6.45) is 0. The van der Waals surface area contributed by atoms with Gasteiger partial charge in [-0.3, -0.25) is 4.79 Å². The molecular weight excluding hydrogens is 362 g/mol. The fourth-order valence-electron chi connectivity index (χ4n) is 2.83. The van der Waals surface area contributed by atoms with Crippen molar-refractivity contribution in [3.63, 3.8) is 0 Å². The van der Waals surface area contributed by atoms with E-state index >= 15 is 0 Å². The molecule has 0 heterocycles. The van der Waals surface area contributed by atoms with Gasteiger partial charge >= 0.3 is 0 Å². The summed E-state index contributed by atoms with van der Waals surface area (Å²) in [4.78, 5) is 19.0. The third-order valence-electron chi connectivity index (χ3n) is 4.34. The summed E-state index contributed by atoms with van der Waals surface area (Å²) in [5.41, 5.74) is 4.12. The van der Waals surface area contributed by atoms with E-state index < -0.39 is 0 Å². The molecule has 0 radical (unpaired) electrons. The molecule has 0 aliphatic heterocycles. The van der Waals surface area contributed by atoms with Gasteiger partial charge in [-0.1, -0.05) is 42.0 Å². The number of carbonyl (C=O) groups is 1. The van der Waals surface area contributed by atoms with E-state index in [0.29, 0.717) is 25.2 Å². The fraction of sp³-hybridized carbons (Fsp3) is 0.391. The van der Waals surface area contributed by atoms with Crippen molar-refractivity contribution in [3.8, 4) is 0 Å². The van der Waals surface area contributed by atoms with Gasteiger partial charge in [-0.15, -0.1) is 0 Å². The molecule has 2 rings (SSSR count). The first-order valence-corrected chi connectivity index (χ1v) is 10.1. The Morgan fingerprint density at radius 2 is 1.76 bits per heavy atom. The summed E-state index contributed by atoms with van der Waals surface area (Å²) >= 11 is 0. The van der Waals surface area contributed by atoms with Crippen LogP contribution in [0.25, 0.3) is 0 Å². The third-order valence-corrected chi connectivity index (χ3v) is 4.34. The van der Waals surface area contributed by atoms with Crippen molar-refractivity contribution in [2.24, 2.45) is 4.99 Å². The Labute approximate surface area is 174 Å². The minimum atomic E-state index is -0.0475. The zero-order chi connectivity index (χ0) is 21.1. The van der Waals surface area contributed by atoms with E-state index in [2.05, 4.69) is 52.1 Å². The SMILES string of the molecule is CCNC(=NCc1cccc(C)c1)NCc1cccc(C(=O)NCCN(C)C)c1. The average Bonchev–Trinajstić information content (AvgIpc) is 2.70. The maximum Gasteiger partial charge on any atom is 0.251 e. The topological polar surface area (TPSA) is 68.8 Å². The number of rotatable bonds is 9. The van der Waals surface area contributed by atoms with Crippen LogP contribution in [-0.4, -0.2) is 50.5 Å². The van der Waals surface area contributed by atoms with Crippen LogP contribution in [0, 0.1) is 6.92 Å². The lowest BCUT2D eigenvalue weighted by Gasteiger charge is -2.13. The van der Waals surface area contributed by atoms with Crippen molar-refractivity contribution in [1.29, 1.82) is 0 Å². The Morgan fingerprint density at radius 1 is 1.00 bits per heavy atom. The van der Waals surface area contributed by atoms with E-state index in [0.717, 1.165) is 24.6 Å². The predicted molar refractivity (Wildman–Crippen MR) is 120 cm³/mol. The highest BCUT2D eigenvalue weighted by molar-refractivity contribution is 5.94. The maximum absolute atomic E-state index is 12.3. The molecule has 0 spiro atoms. The summed E-state index contributed by atoms with van der Waals surface area (Å²) < 4.78 is 0. The summed E-state index contributed by atoms with van der Waals surface area (Å²) in [6, 6.07) is 16.0. The number of carbonyl (C=O) groups excluding carboxylic acids is 1. The number of aryl methyl sites for hydroxylation is 1. The first kappa shape index (κ1) is 22.4. The second-order valence-corrected chi connectivity index (χ2v) is 7.30. The average molecular weight is 396 g/mol. The fourth-order valence-corrected chi connectivity index (χ4v) is 2.83. The molecule has 0 saturated heterocycles. The molecule has 0 fully saturated rings. The molecule has 0 atom stereocenters. The van der Waals surface area contributed by atoms with E-state index in [9.17, 15) is 4.79 Å². The van der Waals surface area contributed by atoms with Crippen molar-refractivity contribution in [2.75, 3.05) is 33.7 Å². The highest BCUT2D eigenvalue weighted by Gasteiger charge is 2.06. The summed E-state index contributed by atoms with van der Waals surface area (Å²) in [7, 11) is 3.97. The third kappa shape index (κ3) is 8.35. The maximum atomic E-state index is 12.3. The van der Waals surface area contributed by atoms with Gasteiger partial charge in [0.15, 0.2) is 5.96 Å². The van der Waals surface area contributed by atoms with Crippen LogP contribution in [-0.2, 0) is 13.1 Å². The van der Waals surface area contributed by atoms with Crippen molar-refractivity contribution >= 4 is 11.9 Å². The van der Waals surface area contributed by atoms with Crippen LogP contribution in [0.1, 0.15) is 34.0 Å². The monoisotopic (exact) mass is 395 g/mol. The van der Waals surface area contributed by atoms with Crippen LogP contribution in [0.3, 0.4) is 0 Å². The molecule has 1 amide bonds.